The summed E-state index contributed by atoms with van der Waals surface area (Å²) in [6.07, 6.45) is 0.422. The van der Waals surface area contributed by atoms with E-state index in [1.54, 1.807) is 24.3 Å². The van der Waals surface area contributed by atoms with Crippen LogP contribution >= 0.6 is 0 Å². The molecule has 4 heteroatoms. The van der Waals surface area contributed by atoms with Crippen LogP contribution in [0.15, 0.2) is 73.0 Å². The highest BCUT2D eigenvalue weighted by Crippen LogP contribution is 2.21. The van der Waals surface area contributed by atoms with Crippen LogP contribution in [0, 0.1) is 0 Å². The van der Waals surface area contributed by atoms with Crippen molar-refractivity contribution in [2.75, 3.05) is 6.54 Å². The Bertz CT molecular complexity index is 725. The number of esters is 1. The van der Waals surface area contributed by atoms with E-state index in [0.717, 1.165) is 5.56 Å². The molecule has 116 valence electrons. The molecule has 1 heterocycles. The van der Waals surface area contributed by atoms with Crippen LogP contribution in [0.4, 0.5) is 0 Å². The van der Waals surface area contributed by atoms with E-state index < -0.39 is 12.0 Å². The Hall–Kier alpha value is -2.88. The number of ether oxygens (including phenoxy) is 1. The lowest BCUT2D eigenvalue weighted by atomic mass is 10.0. The summed E-state index contributed by atoms with van der Waals surface area (Å²) in [5, 5.41) is 0. The molecule has 0 saturated carbocycles. The zero-order valence-electron chi connectivity index (χ0n) is 12.6. The third-order valence-corrected chi connectivity index (χ3v) is 3.79. The van der Waals surface area contributed by atoms with Gasteiger partial charge in [0.15, 0.2) is 0 Å². The summed E-state index contributed by atoms with van der Waals surface area (Å²) in [6.45, 7) is 3.91. The molecule has 1 amide bonds. The van der Waals surface area contributed by atoms with Crippen molar-refractivity contribution in [1.82, 2.24) is 4.90 Å². The molecule has 0 spiro atoms. The molecule has 1 unspecified atom stereocenters. The number of carbonyl (C=O) groups is 2. The largest absolute Gasteiger partial charge is 0.428 e. The molecule has 3 rings (SSSR count). The second kappa shape index (κ2) is 6.48. The quantitative estimate of drug-likeness (QED) is 0.819. The van der Waals surface area contributed by atoms with E-state index >= 15 is 0 Å². The average molecular weight is 307 g/mol. The third kappa shape index (κ3) is 3.31. The van der Waals surface area contributed by atoms with Crippen LogP contribution in [0.25, 0.3) is 0 Å². The predicted octanol–water partition coefficient (Wildman–Crippen LogP) is 2.81. The van der Waals surface area contributed by atoms with Crippen molar-refractivity contribution in [3.63, 3.8) is 0 Å². The highest BCUT2D eigenvalue weighted by atomic mass is 16.5. The lowest BCUT2D eigenvalue weighted by Gasteiger charge is -2.35. The maximum Gasteiger partial charge on any atom is 0.334 e. The second-order valence-corrected chi connectivity index (χ2v) is 5.46. The fourth-order valence-corrected chi connectivity index (χ4v) is 2.66. The van der Waals surface area contributed by atoms with Crippen molar-refractivity contribution in [1.29, 1.82) is 0 Å². The smallest absolute Gasteiger partial charge is 0.334 e. The summed E-state index contributed by atoms with van der Waals surface area (Å²) >= 11 is 0. The topological polar surface area (TPSA) is 46.6 Å². The number of cyclic esters (lactones) is 1. The van der Waals surface area contributed by atoms with Gasteiger partial charge in [0.2, 0.25) is 0 Å². The summed E-state index contributed by atoms with van der Waals surface area (Å²) in [5.74, 6) is -0.331. The molecule has 4 nitrogen and oxygen atoms in total. The van der Waals surface area contributed by atoms with Gasteiger partial charge >= 0.3 is 5.97 Å². The Morgan fingerprint density at radius 1 is 1.09 bits per heavy atom. The van der Waals surface area contributed by atoms with E-state index in [-0.39, 0.29) is 12.5 Å². The van der Waals surface area contributed by atoms with Gasteiger partial charge in [0, 0.05) is 12.0 Å². The Labute approximate surface area is 135 Å². The van der Waals surface area contributed by atoms with Crippen LogP contribution in [-0.2, 0) is 16.0 Å². The minimum atomic E-state index is -0.643. The molecule has 1 atom stereocenters. The van der Waals surface area contributed by atoms with E-state index in [2.05, 4.69) is 6.58 Å². The molecule has 1 saturated heterocycles. The van der Waals surface area contributed by atoms with E-state index in [4.69, 9.17) is 4.74 Å². The molecule has 2 aromatic carbocycles. The molecule has 23 heavy (non-hydrogen) atoms. The molecule has 2 aromatic rings. The van der Waals surface area contributed by atoms with Crippen LogP contribution < -0.4 is 0 Å². The first-order valence-corrected chi connectivity index (χ1v) is 7.44. The number of nitrogens with zero attached hydrogens (tertiary/aromatic N) is 1. The SMILES string of the molecule is C=C1CN(C(=O)c2ccccc2)C(Cc2ccccc2)C(=O)O1. The first kappa shape index (κ1) is 15.0. The number of benzene rings is 2. The van der Waals surface area contributed by atoms with Crippen molar-refractivity contribution < 1.29 is 14.3 Å². The van der Waals surface area contributed by atoms with Gasteiger partial charge < -0.3 is 9.64 Å². The highest BCUT2D eigenvalue weighted by molar-refractivity contribution is 5.97. The standard InChI is InChI=1S/C19H17NO3/c1-14-13-20(18(21)16-10-6-3-7-11-16)17(19(22)23-14)12-15-8-4-2-5-9-15/h2-11,17H,1,12-13H2. The summed E-state index contributed by atoms with van der Waals surface area (Å²) in [4.78, 5) is 26.6. The third-order valence-electron chi connectivity index (χ3n) is 3.79. The minimum Gasteiger partial charge on any atom is -0.428 e. The molecular formula is C19H17NO3. The number of morpholine rings is 1. The van der Waals surface area contributed by atoms with Crippen molar-refractivity contribution in [2.24, 2.45) is 0 Å². The van der Waals surface area contributed by atoms with Gasteiger partial charge in [0.25, 0.3) is 5.91 Å². The van der Waals surface area contributed by atoms with Crippen LogP contribution in [0.1, 0.15) is 15.9 Å². The maximum absolute atomic E-state index is 12.8. The summed E-state index contributed by atoms with van der Waals surface area (Å²) in [6, 6.07) is 17.9. The second-order valence-electron chi connectivity index (χ2n) is 5.46. The van der Waals surface area contributed by atoms with E-state index in [9.17, 15) is 9.59 Å². The van der Waals surface area contributed by atoms with Crippen LogP contribution in [0.3, 0.4) is 0 Å². The van der Waals surface area contributed by atoms with Gasteiger partial charge in [-0.3, -0.25) is 4.79 Å². The Balaban J connectivity index is 1.88. The van der Waals surface area contributed by atoms with Crippen molar-refractivity contribution in [2.45, 2.75) is 12.5 Å². The zero-order chi connectivity index (χ0) is 16.2. The first-order chi connectivity index (χ1) is 11.1. The monoisotopic (exact) mass is 307 g/mol. The molecular weight excluding hydrogens is 290 g/mol. The number of amides is 1. The van der Waals surface area contributed by atoms with E-state index in [1.807, 2.05) is 36.4 Å². The molecule has 0 bridgehead atoms. The first-order valence-electron chi connectivity index (χ1n) is 7.44. The van der Waals surface area contributed by atoms with Gasteiger partial charge in [-0.15, -0.1) is 0 Å². The molecule has 0 aromatic heterocycles. The Kier molecular flexibility index (Phi) is 4.24. The minimum absolute atomic E-state index is 0.190. The van der Waals surface area contributed by atoms with Crippen LogP contribution in [0.5, 0.6) is 0 Å². The Morgan fingerprint density at radius 2 is 1.70 bits per heavy atom. The fraction of sp³-hybridized carbons (Fsp3) is 0.158. The average Bonchev–Trinajstić information content (AvgIpc) is 2.58. The van der Waals surface area contributed by atoms with Gasteiger partial charge in [-0.2, -0.15) is 0 Å². The molecule has 1 aliphatic rings. The number of rotatable bonds is 3. The van der Waals surface area contributed by atoms with Crippen LogP contribution in [0.2, 0.25) is 0 Å². The summed E-state index contributed by atoms with van der Waals surface area (Å²) < 4.78 is 5.16. The van der Waals surface area contributed by atoms with E-state index in [1.165, 1.54) is 4.90 Å². The van der Waals surface area contributed by atoms with Gasteiger partial charge in [0.05, 0.1) is 6.54 Å². The maximum atomic E-state index is 12.8. The number of hydrogen-bond acceptors (Lipinski definition) is 3. The molecule has 0 aliphatic carbocycles. The molecule has 0 N–H and O–H groups in total. The van der Waals surface area contributed by atoms with Gasteiger partial charge in [-0.05, 0) is 17.7 Å². The van der Waals surface area contributed by atoms with Gasteiger partial charge in [-0.1, -0.05) is 55.1 Å². The Morgan fingerprint density at radius 3 is 2.35 bits per heavy atom. The lowest BCUT2D eigenvalue weighted by molar-refractivity contribution is -0.149. The van der Waals surface area contributed by atoms with Crippen molar-refractivity contribution >= 4 is 11.9 Å². The number of hydrogen-bond donors (Lipinski definition) is 0. The predicted molar refractivity (Wildman–Crippen MR) is 86.6 cm³/mol. The van der Waals surface area contributed by atoms with Crippen LogP contribution in [-0.4, -0.2) is 29.4 Å². The zero-order valence-corrected chi connectivity index (χ0v) is 12.6. The van der Waals surface area contributed by atoms with Gasteiger partial charge in [0.1, 0.15) is 11.8 Å². The molecule has 0 radical (unpaired) electrons. The van der Waals surface area contributed by atoms with Crippen molar-refractivity contribution in [3.8, 4) is 0 Å². The normalized spacial score (nSPS) is 17.7. The fourth-order valence-electron chi connectivity index (χ4n) is 2.66. The molecule has 1 aliphatic heterocycles. The molecule has 1 fully saturated rings. The highest BCUT2D eigenvalue weighted by Gasteiger charge is 2.36. The van der Waals surface area contributed by atoms with Gasteiger partial charge in [-0.25, -0.2) is 4.79 Å². The lowest BCUT2D eigenvalue weighted by Crippen LogP contribution is -2.51. The summed E-state index contributed by atoms with van der Waals surface area (Å²) in [7, 11) is 0. The summed E-state index contributed by atoms with van der Waals surface area (Å²) in [5.41, 5.74) is 1.53. The van der Waals surface area contributed by atoms with Crippen molar-refractivity contribution in [3.05, 3.63) is 84.1 Å². The van der Waals surface area contributed by atoms with E-state index in [0.29, 0.717) is 17.7 Å². The number of carbonyl (C=O) groups excluding carboxylic acids is 2.